The van der Waals surface area contributed by atoms with Crippen LogP contribution in [0.25, 0.3) is 6.08 Å². The Morgan fingerprint density at radius 2 is 1.90 bits per heavy atom. The summed E-state index contributed by atoms with van der Waals surface area (Å²) in [4.78, 5) is 39.1. The standard InChI is InChI=1S/C22H19BrN2O3S/c23-17-8-4-7-16(14-17)22(9-10-22)20(27)24-11-12-25-19(26)18(29-21(25)28)13-15-5-2-1-3-6-15/h1-8,13-14H,9-12H2,(H,24,27)/b18-13+. The van der Waals surface area contributed by atoms with Crippen LogP contribution >= 0.6 is 27.7 Å². The fourth-order valence-electron chi connectivity index (χ4n) is 3.40. The highest BCUT2D eigenvalue weighted by Gasteiger charge is 2.51. The lowest BCUT2D eigenvalue weighted by atomic mass is 9.95. The zero-order chi connectivity index (χ0) is 20.4. The summed E-state index contributed by atoms with van der Waals surface area (Å²) in [5, 5.41) is 2.60. The van der Waals surface area contributed by atoms with Crippen LogP contribution in [0.2, 0.25) is 0 Å². The molecule has 1 aliphatic carbocycles. The highest BCUT2D eigenvalue weighted by atomic mass is 79.9. The van der Waals surface area contributed by atoms with Gasteiger partial charge in [0, 0.05) is 17.6 Å². The average Bonchev–Trinajstić information content (AvgIpc) is 3.48. The van der Waals surface area contributed by atoms with Crippen molar-refractivity contribution in [3.8, 4) is 0 Å². The molecule has 0 spiro atoms. The Morgan fingerprint density at radius 1 is 1.14 bits per heavy atom. The summed E-state index contributed by atoms with van der Waals surface area (Å²) >= 11 is 4.38. The second-order valence-corrected chi connectivity index (χ2v) is 9.00. The lowest BCUT2D eigenvalue weighted by Crippen LogP contribution is -2.41. The molecule has 1 saturated carbocycles. The first-order valence-electron chi connectivity index (χ1n) is 9.34. The maximum Gasteiger partial charge on any atom is 0.293 e. The van der Waals surface area contributed by atoms with E-state index in [1.807, 2.05) is 54.6 Å². The minimum atomic E-state index is -0.490. The van der Waals surface area contributed by atoms with Crippen LogP contribution in [-0.2, 0) is 15.0 Å². The molecule has 2 aromatic rings. The van der Waals surface area contributed by atoms with E-state index in [2.05, 4.69) is 21.2 Å². The molecule has 2 fully saturated rings. The molecule has 0 radical (unpaired) electrons. The van der Waals surface area contributed by atoms with Gasteiger partial charge in [0.25, 0.3) is 11.1 Å². The molecule has 0 atom stereocenters. The van der Waals surface area contributed by atoms with Gasteiger partial charge in [0.2, 0.25) is 5.91 Å². The van der Waals surface area contributed by atoms with E-state index in [9.17, 15) is 14.4 Å². The van der Waals surface area contributed by atoms with Gasteiger partial charge in [-0.1, -0.05) is 58.4 Å². The van der Waals surface area contributed by atoms with Gasteiger partial charge in [-0.25, -0.2) is 0 Å². The molecule has 0 bridgehead atoms. The van der Waals surface area contributed by atoms with Crippen molar-refractivity contribution in [2.75, 3.05) is 13.1 Å². The van der Waals surface area contributed by atoms with E-state index >= 15 is 0 Å². The minimum Gasteiger partial charge on any atom is -0.354 e. The number of hydrogen-bond acceptors (Lipinski definition) is 4. The molecular weight excluding hydrogens is 452 g/mol. The Kier molecular flexibility index (Phi) is 5.61. The molecule has 5 nitrogen and oxygen atoms in total. The molecule has 1 heterocycles. The molecule has 148 valence electrons. The molecule has 4 rings (SSSR count). The van der Waals surface area contributed by atoms with Crippen LogP contribution in [0.5, 0.6) is 0 Å². The zero-order valence-corrected chi connectivity index (χ0v) is 18.0. The van der Waals surface area contributed by atoms with Crippen molar-refractivity contribution in [2.45, 2.75) is 18.3 Å². The summed E-state index contributed by atoms with van der Waals surface area (Å²) < 4.78 is 0.942. The highest BCUT2D eigenvalue weighted by molar-refractivity contribution is 9.10. The second kappa shape index (κ2) is 8.16. The van der Waals surface area contributed by atoms with Crippen molar-refractivity contribution < 1.29 is 14.4 Å². The largest absolute Gasteiger partial charge is 0.354 e. The van der Waals surface area contributed by atoms with Gasteiger partial charge in [-0.05, 0) is 53.9 Å². The molecule has 29 heavy (non-hydrogen) atoms. The van der Waals surface area contributed by atoms with Gasteiger partial charge in [-0.2, -0.15) is 0 Å². The van der Waals surface area contributed by atoms with E-state index in [-0.39, 0.29) is 30.1 Å². The number of rotatable bonds is 6. The van der Waals surface area contributed by atoms with Gasteiger partial charge in [0.15, 0.2) is 0 Å². The van der Waals surface area contributed by atoms with E-state index in [0.717, 1.165) is 40.2 Å². The van der Waals surface area contributed by atoms with Crippen molar-refractivity contribution in [1.29, 1.82) is 0 Å². The van der Waals surface area contributed by atoms with Crippen molar-refractivity contribution in [2.24, 2.45) is 0 Å². The molecule has 1 aliphatic heterocycles. The maximum absolute atomic E-state index is 12.7. The maximum atomic E-state index is 12.7. The Morgan fingerprint density at radius 3 is 2.59 bits per heavy atom. The molecule has 1 N–H and O–H groups in total. The summed E-state index contributed by atoms with van der Waals surface area (Å²) in [6, 6.07) is 17.2. The third-order valence-electron chi connectivity index (χ3n) is 5.15. The van der Waals surface area contributed by atoms with Crippen molar-refractivity contribution >= 4 is 50.8 Å². The number of nitrogens with zero attached hydrogens (tertiary/aromatic N) is 1. The van der Waals surface area contributed by atoms with Crippen molar-refractivity contribution in [1.82, 2.24) is 10.2 Å². The van der Waals surface area contributed by atoms with Crippen LogP contribution in [0, 0.1) is 0 Å². The summed E-state index contributed by atoms with van der Waals surface area (Å²) in [6.45, 7) is 0.405. The Labute approximate surface area is 181 Å². The molecule has 1 saturated heterocycles. The number of halogens is 1. The Balaban J connectivity index is 1.36. The van der Waals surface area contributed by atoms with Crippen LogP contribution in [0.15, 0.2) is 64.0 Å². The third-order valence-corrected chi connectivity index (χ3v) is 6.55. The van der Waals surface area contributed by atoms with Crippen LogP contribution < -0.4 is 5.32 Å². The number of benzene rings is 2. The molecule has 2 aliphatic rings. The number of amides is 3. The SMILES string of the molecule is O=C1S/C(=C/c2ccccc2)C(=O)N1CCNC(=O)C1(c2cccc(Br)c2)CC1. The predicted molar refractivity (Wildman–Crippen MR) is 117 cm³/mol. The topological polar surface area (TPSA) is 66.5 Å². The van der Waals surface area contributed by atoms with E-state index in [1.54, 1.807) is 6.08 Å². The number of carbonyl (C=O) groups excluding carboxylic acids is 3. The molecule has 0 aromatic heterocycles. The predicted octanol–water partition coefficient (Wildman–Crippen LogP) is 4.33. The summed E-state index contributed by atoms with van der Waals surface area (Å²) in [6.07, 6.45) is 3.32. The summed E-state index contributed by atoms with van der Waals surface area (Å²) in [5.74, 6) is -0.367. The zero-order valence-electron chi connectivity index (χ0n) is 15.6. The van der Waals surface area contributed by atoms with Gasteiger partial charge in [0.05, 0.1) is 10.3 Å². The minimum absolute atomic E-state index is 0.0533. The second-order valence-electron chi connectivity index (χ2n) is 7.09. The number of hydrogen-bond donors (Lipinski definition) is 1. The first kappa shape index (κ1) is 19.9. The fourth-order valence-corrected chi connectivity index (χ4v) is 4.67. The smallest absolute Gasteiger partial charge is 0.293 e. The Hall–Kier alpha value is -2.38. The van der Waals surface area contributed by atoms with Gasteiger partial charge in [-0.3, -0.25) is 19.3 Å². The number of nitrogens with one attached hydrogen (secondary N) is 1. The van der Waals surface area contributed by atoms with Gasteiger partial charge < -0.3 is 5.32 Å². The van der Waals surface area contributed by atoms with Crippen LogP contribution in [0.1, 0.15) is 24.0 Å². The highest BCUT2D eigenvalue weighted by Crippen LogP contribution is 2.48. The summed E-state index contributed by atoms with van der Waals surface area (Å²) in [5.41, 5.74) is 1.37. The molecule has 3 amide bonds. The van der Waals surface area contributed by atoms with Crippen molar-refractivity contribution in [3.63, 3.8) is 0 Å². The number of carbonyl (C=O) groups is 3. The van der Waals surface area contributed by atoms with E-state index in [1.165, 1.54) is 4.90 Å². The van der Waals surface area contributed by atoms with Crippen LogP contribution in [0.3, 0.4) is 0 Å². The van der Waals surface area contributed by atoms with E-state index in [0.29, 0.717) is 4.91 Å². The normalized spacial score (nSPS) is 18.9. The third kappa shape index (κ3) is 4.16. The first-order valence-corrected chi connectivity index (χ1v) is 11.0. The van der Waals surface area contributed by atoms with Gasteiger partial charge in [0.1, 0.15) is 0 Å². The quantitative estimate of drug-likeness (QED) is 0.637. The average molecular weight is 471 g/mol. The Bertz CT molecular complexity index is 1000. The fraction of sp³-hybridized carbons (Fsp3) is 0.227. The van der Waals surface area contributed by atoms with Crippen LogP contribution in [0.4, 0.5) is 4.79 Å². The van der Waals surface area contributed by atoms with Crippen LogP contribution in [-0.4, -0.2) is 35.0 Å². The van der Waals surface area contributed by atoms with Gasteiger partial charge >= 0.3 is 0 Å². The lowest BCUT2D eigenvalue weighted by Gasteiger charge is -2.18. The molecular formula is C22H19BrN2O3S. The van der Waals surface area contributed by atoms with Gasteiger partial charge in [-0.15, -0.1) is 0 Å². The molecule has 7 heteroatoms. The summed E-state index contributed by atoms with van der Waals surface area (Å²) in [7, 11) is 0. The first-order chi connectivity index (χ1) is 14.0. The van der Waals surface area contributed by atoms with Crippen molar-refractivity contribution in [3.05, 3.63) is 75.1 Å². The number of imide groups is 1. The monoisotopic (exact) mass is 470 g/mol. The number of thioether (sulfide) groups is 1. The lowest BCUT2D eigenvalue weighted by molar-refractivity contribution is -0.125. The van der Waals surface area contributed by atoms with E-state index in [4.69, 9.17) is 0 Å². The molecule has 0 unspecified atom stereocenters. The van der Waals surface area contributed by atoms with E-state index < -0.39 is 5.41 Å². The molecule has 2 aromatic carbocycles.